The van der Waals surface area contributed by atoms with Gasteiger partial charge in [-0.3, -0.25) is 9.59 Å². The Morgan fingerprint density at radius 3 is 2.33 bits per heavy atom. The van der Waals surface area contributed by atoms with Crippen LogP contribution >= 0.6 is 0 Å². The minimum absolute atomic E-state index is 0.239. The van der Waals surface area contributed by atoms with Gasteiger partial charge in [-0.05, 0) is 31.2 Å². The summed E-state index contributed by atoms with van der Waals surface area (Å²) in [7, 11) is 2.90. The molecule has 1 amide bonds. The van der Waals surface area contributed by atoms with Crippen LogP contribution in [0.5, 0.6) is 5.75 Å². The number of likely N-dealkylation sites (N-methyl/N-ethyl adjacent to an activating group) is 1. The van der Waals surface area contributed by atoms with Crippen LogP contribution in [-0.4, -0.2) is 43.6 Å². The molecule has 1 aromatic rings. The summed E-state index contributed by atoms with van der Waals surface area (Å²) in [4.78, 5) is 24.9. The van der Waals surface area contributed by atoms with E-state index >= 15 is 0 Å². The number of esters is 1. The molecule has 21 heavy (non-hydrogen) atoms. The highest BCUT2D eigenvalue weighted by atomic mass is 19.1. The Kier molecular flexibility index (Phi) is 6.14. The van der Waals surface area contributed by atoms with E-state index < -0.39 is 12.0 Å². The number of methoxy groups -OCH3 is 1. The van der Waals surface area contributed by atoms with Crippen LogP contribution < -0.4 is 4.74 Å². The van der Waals surface area contributed by atoms with E-state index in [1.54, 1.807) is 20.9 Å². The van der Waals surface area contributed by atoms with Crippen molar-refractivity contribution in [1.29, 1.82) is 0 Å². The largest absolute Gasteiger partial charge is 0.481 e. The molecule has 0 aromatic heterocycles. The number of nitrogens with zero attached hydrogens (tertiary/aromatic N) is 1. The summed E-state index contributed by atoms with van der Waals surface area (Å²) in [6.07, 6.45) is -0.731. The number of carbonyl (C=O) groups is 2. The van der Waals surface area contributed by atoms with E-state index in [0.29, 0.717) is 5.75 Å². The van der Waals surface area contributed by atoms with Crippen LogP contribution in [0.25, 0.3) is 0 Å². The van der Waals surface area contributed by atoms with E-state index in [1.165, 1.54) is 36.3 Å². The van der Waals surface area contributed by atoms with Crippen molar-refractivity contribution in [3.8, 4) is 5.75 Å². The molecule has 2 atom stereocenters. The summed E-state index contributed by atoms with van der Waals surface area (Å²) in [5.74, 6) is -1.02. The normalized spacial score (nSPS) is 13.2. The van der Waals surface area contributed by atoms with Gasteiger partial charge >= 0.3 is 5.97 Å². The second-order valence-corrected chi connectivity index (χ2v) is 4.86. The van der Waals surface area contributed by atoms with Gasteiger partial charge in [0.1, 0.15) is 11.6 Å². The molecule has 1 aromatic carbocycles. The molecule has 116 valence electrons. The lowest BCUT2D eigenvalue weighted by atomic mass is 10.1. The molecule has 0 radical (unpaired) electrons. The van der Waals surface area contributed by atoms with Crippen LogP contribution in [0.3, 0.4) is 0 Å². The van der Waals surface area contributed by atoms with Gasteiger partial charge in [0.2, 0.25) is 0 Å². The Morgan fingerprint density at radius 1 is 1.24 bits per heavy atom. The van der Waals surface area contributed by atoms with E-state index in [1.807, 2.05) is 0 Å². The highest BCUT2D eigenvalue weighted by molar-refractivity contribution is 5.81. The number of rotatable bonds is 6. The minimum Gasteiger partial charge on any atom is -0.481 e. The van der Waals surface area contributed by atoms with Gasteiger partial charge < -0.3 is 14.4 Å². The van der Waals surface area contributed by atoms with Crippen molar-refractivity contribution >= 4 is 11.9 Å². The molecule has 0 aliphatic heterocycles. The smallest absolute Gasteiger partial charge is 0.310 e. The number of hydrogen-bond donors (Lipinski definition) is 0. The molecule has 0 N–H and O–H groups in total. The lowest BCUT2D eigenvalue weighted by Crippen LogP contribution is -2.41. The number of hydrogen-bond acceptors (Lipinski definition) is 4. The zero-order valence-corrected chi connectivity index (χ0v) is 12.6. The number of halogens is 1. The van der Waals surface area contributed by atoms with Crippen molar-refractivity contribution in [2.75, 3.05) is 20.7 Å². The fourth-order valence-corrected chi connectivity index (χ4v) is 1.85. The fraction of sp³-hybridized carbons (Fsp3) is 0.467. The average Bonchev–Trinajstić information content (AvgIpc) is 2.47. The molecule has 0 bridgehead atoms. The summed E-state index contributed by atoms with van der Waals surface area (Å²) in [5.41, 5.74) is 0. The Hall–Kier alpha value is -2.11. The maximum Gasteiger partial charge on any atom is 0.310 e. The van der Waals surface area contributed by atoms with Gasteiger partial charge in [0, 0.05) is 13.6 Å². The molecule has 5 nitrogen and oxygen atoms in total. The number of benzene rings is 1. The molecule has 0 saturated heterocycles. The summed E-state index contributed by atoms with van der Waals surface area (Å²) in [6, 6.07) is 5.43. The zero-order valence-electron chi connectivity index (χ0n) is 12.6. The van der Waals surface area contributed by atoms with Crippen LogP contribution in [0.4, 0.5) is 4.39 Å². The Labute approximate surface area is 123 Å². The summed E-state index contributed by atoms with van der Waals surface area (Å²) in [5, 5.41) is 0. The van der Waals surface area contributed by atoms with E-state index in [4.69, 9.17) is 4.74 Å². The molecule has 1 rings (SSSR count). The lowest BCUT2D eigenvalue weighted by molar-refractivity contribution is -0.147. The van der Waals surface area contributed by atoms with Gasteiger partial charge in [0.25, 0.3) is 5.91 Å². The van der Waals surface area contributed by atoms with Crippen LogP contribution in [0.1, 0.15) is 13.8 Å². The molecule has 0 heterocycles. The van der Waals surface area contributed by atoms with Gasteiger partial charge in [-0.25, -0.2) is 4.39 Å². The summed E-state index contributed by atoms with van der Waals surface area (Å²) >= 11 is 0. The first-order chi connectivity index (χ1) is 9.85. The molecule has 6 heteroatoms. The molecule has 0 fully saturated rings. The van der Waals surface area contributed by atoms with E-state index in [2.05, 4.69) is 4.74 Å². The monoisotopic (exact) mass is 297 g/mol. The quantitative estimate of drug-likeness (QED) is 0.752. The minimum atomic E-state index is -0.731. The zero-order chi connectivity index (χ0) is 16.0. The molecule has 2 unspecified atom stereocenters. The third-order valence-corrected chi connectivity index (χ3v) is 3.00. The average molecular weight is 297 g/mol. The van der Waals surface area contributed by atoms with Crippen molar-refractivity contribution in [3.05, 3.63) is 30.1 Å². The van der Waals surface area contributed by atoms with Crippen LogP contribution in [0, 0.1) is 11.7 Å². The predicted molar refractivity (Wildman–Crippen MR) is 75.3 cm³/mol. The Morgan fingerprint density at radius 2 is 1.81 bits per heavy atom. The van der Waals surface area contributed by atoms with Crippen molar-refractivity contribution < 1.29 is 23.5 Å². The van der Waals surface area contributed by atoms with Crippen molar-refractivity contribution in [2.45, 2.75) is 20.0 Å². The molecular formula is C15H20FNO4. The van der Waals surface area contributed by atoms with Crippen LogP contribution in [0.15, 0.2) is 24.3 Å². The fourth-order valence-electron chi connectivity index (χ4n) is 1.85. The van der Waals surface area contributed by atoms with Crippen molar-refractivity contribution in [1.82, 2.24) is 4.90 Å². The molecule has 0 aliphatic carbocycles. The standard InChI is InChI=1S/C15H20FNO4/c1-10(15(19)20-4)9-17(3)14(18)11(2)21-13-7-5-12(16)6-8-13/h5-8,10-11H,9H2,1-4H3. The molecule has 0 saturated carbocycles. The van der Waals surface area contributed by atoms with Gasteiger partial charge in [0.05, 0.1) is 13.0 Å². The van der Waals surface area contributed by atoms with Gasteiger partial charge in [0.15, 0.2) is 6.10 Å². The Balaban J connectivity index is 2.56. The number of ether oxygens (including phenoxy) is 2. The van der Waals surface area contributed by atoms with Crippen LogP contribution in [-0.2, 0) is 14.3 Å². The lowest BCUT2D eigenvalue weighted by Gasteiger charge is -2.24. The van der Waals surface area contributed by atoms with E-state index in [-0.39, 0.29) is 24.2 Å². The summed E-state index contributed by atoms with van der Waals surface area (Å²) < 4.78 is 22.9. The predicted octanol–water partition coefficient (Wildman–Crippen LogP) is 1.86. The van der Waals surface area contributed by atoms with E-state index in [9.17, 15) is 14.0 Å². The van der Waals surface area contributed by atoms with Gasteiger partial charge in [-0.15, -0.1) is 0 Å². The van der Waals surface area contributed by atoms with Crippen molar-refractivity contribution in [3.63, 3.8) is 0 Å². The number of amides is 1. The Bertz CT molecular complexity index is 489. The van der Waals surface area contributed by atoms with Crippen LogP contribution in [0.2, 0.25) is 0 Å². The SMILES string of the molecule is COC(=O)C(C)CN(C)C(=O)C(C)Oc1ccc(F)cc1. The summed E-state index contributed by atoms with van der Waals surface area (Å²) in [6.45, 7) is 3.52. The molecule has 0 aliphatic rings. The first-order valence-electron chi connectivity index (χ1n) is 6.60. The maximum absolute atomic E-state index is 12.8. The van der Waals surface area contributed by atoms with Gasteiger partial charge in [-0.2, -0.15) is 0 Å². The molecule has 0 spiro atoms. The van der Waals surface area contributed by atoms with Gasteiger partial charge in [-0.1, -0.05) is 6.92 Å². The first-order valence-corrected chi connectivity index (χ1v) is 6.60. The highest BCUT2D eigenvalue weighted by Gasteiger charge is 2.23. The van der Waals surface area contributed by atoms with Crippen molar-refractivity contribution in [2.24, 2.45) is 5.92 Å². The first kappa shape index (κ1) is 16.9. The highest BCUT2D eigenvalue weighted by Crippen LogP contribution is 2.14. The third-order valence-electron chi connectivity index (χ3n) is 3.00. The number of carbonyl (C=O) groups excluding carboxylic acids is 2. The maximum atomic E-state index is 12.8. The third kappa shape index (κ3) is 5.06. The molecular weight excluding hydrogens is 277 g/mol. The topological polar surface area (TPSA) is 55.8 Å². The second kappa shape index (κ2) is 7.61. The van der Waals surface area contributed by atoms with E-state index in [0.717, 1.165) is 0 Å². The second-order valence-electron chi connectivity index (χ2n) is 4.86.